The molecule has 2 atom stereocenters. The van der Waals surface area contributed by atoms with Gasteiger partial charge in [0.05, 0.1) is 7.11 Å². The molecule has 70 valence electrons. The second kappa shape index (κ2) is 3.39. The van der Waals surface area contributed by atoms with E-state index in [-0.39, 0.29) is 6.42 Å². The summed E-state index contributed by atoms with van der Waals surface area (Å²) in [5.41, 5.74) is -1.91. The first-order valence-electron chi connectivity index (χ1n) is 3.95. The molecule has 0 aromatic carbocycles. The first-order chi connectivity index (χ1) is 5.65. The van der Waals surface area contributed by atoms with Gasteiger partial charge in [-0.2, -0.15) is 0 Å². The molecule has 1 fully saturated rings. The molecule has 0 heterocycles. The Morgan fingerprint density at radius 2 is 2.25 bits per heavy atom. The monoisotopic (exact) mass is 176 g/mol. The van der Waals surface area contributed by atoms with Gasteiger partial charge < -0.3 is 9.47 Å². The van der Waals surface area contributed by atoms with Gasteiger partial charge in [-0.25, -0.2) is 9.18 Å². The summed E-state index contributed by atoms with van der Waals surface area (Å²) in [5.74, 6) is -0.813. The van der Waals surface area contributed by atoms with Crippen molar-refractivity contribution in [3.63, 3.8) is 0 Å². The zero-order chi connectivity index (χ0) is 9.19. The van der Waals surface area contributed by atoms with Crippen molar-refractivity contribution in [2.45, 2.75) is 31.0 Å². The van der Waals surface area contributed by atoms with Crippen molar-refractivity contribution in [3.05, 3.63) is 0 Å². The topological polar surface area (TPSA) is 35.5 Å². The lowest BCUT2D eigenvalue weighted by Gasteiger charge is -2.22. The normalized spacial score (nSPS) is 35.1. The molecule has 1 saturated carbocycles. The van der Waals surface area contributed by atoms with E-state index in [1.165, 1.54) is 14.2 Å². The second-order valence-corrected chi connectivity index (χ2v) is 2.97. The minimum Gasteiger partial charge on any atom is -0.467 e. The van der Waals surface area contributed by atoms with Crippen LogP contribution < -0.4 is 0 Å². The van der Waals surface area contributed by atoms with Gasteiger partial charge in [0.1, 0.15) is 6.10 Å². The number of rotatable bonds is 2. The van der Waals surface area contributed by atoms with Crippen LogP contribution >= 0.6 is 0 Å². The van der Waals surface area contributed by atoms with Crippen LogP contribution in [-0.2, 0) is 14.3 Å². The molecule has 0 bridgehead atoms. The summed E-state index contributed by atoms with van der Waals surface area (Å²) in [6, 6.07) is 0. The Balaban J connectivity index is 2.74. The molecule has 0 aliphatic heterocycles. The maximum atomic E-state index is 13.8. The van der Waals surface area contributed by atoms with Gasteiger partial charge in [-0.1, -0.05) is 0 Å². The highest BCUT2D eigenvalue weighted by Crippen LogP contribution is 2.36. The summed E-state index contributed by atoms with van der Waals surface area (Å²) in [5, 5.41) is 0. The summed E-state index contributed by atoms with van der Waals surface area (Å²) >= 11 is 0. The van der Waals surface area contributed by atoms with E-state index in [9.17, 15) is 9.18 Å². The number of halogens is 1. The number of carbonyl (C=O) groups is 1. The molecule has 0 N–H and O–H groups in total. The predicted octanol–water partition coefficient (Wildman–Crippen LogP) is 1.07. The Morgan fingerprint density at radius 1 is 1.58 bits per heavy atom. The number of hydrogen-bond acceptors (Lipinski definition) is 3. The maximum Gasteiger partial charge on any atom is 0.346 e. The fourth-order valence-electron chi connectivity index (χ4n) is 1.64. The summed E-state index contributed by atoms with van der Waals surface area (Å²) in [6.45, 7) is 0. The highest BCUT2D eigenvalue weighted by Gasteiger charge is 2.51. The van der Waals surface area contributed by atoms with E-state index in [1.54, 1.807) is 0 Å². The number of esters is 1. The van der Waals surface area contributed by atoms with E-state index in [1.807, 2.05) is 0 Å². The molecule has 0 spiro atoms. The molecule has 12 heavy (non-hydrogen) atoms. The number of methoxy groups -OCH3 is 2. The quantitative estimate of drug-likeness (QED) is 0.590. The average molecular weight is 176 g/mol. The molecule has 1 aliphatic carbocycles. The molecule has 2 unspecified atom stereocenters. The number of hydrogen-bond donors (Lipinski definition) is 0. The zero-order valence-electron chi connectivity index (χ0n) is 7.30. The first-order valence-corrected chi connectivity index (χ1v) is 3.95. The van der Waals surface area contributed by atoms with Crippen molar-refractivity contribution in [1.82, 2.24) is 0 Å². The van der Waals surface area contributed by atoms with Crippen molar-refractivity contribution < 1.29 is 18.7 Å². The molecule has 0 radical (unpaired) electrons. The molecule has 0 saturated heterocycles. The highest BCUT2D eigenvalue weighted by atomic mass is 19.1. The second-order valence-electron chi connectivity index (χ2n) is 2.97. The molecular weight excluding hydrogens is 163 g/mol. The van der Waals surface area contributed by atoms with Crippen LogP contribution in [0.25, 0.3) is 0 Å². The first kappa shape index (κ1) is 9.45. The lowest BCUT2D eigenvalue weighted by atomic mass is 10.0. The third-order valence-electron chi connectivity index (χ3n) is 2.33. The lowest BCUT2D eigenvalue weighted by molar-refractivity contribution is -0.162. The molecule has 0 aromatic heterocycles. The van der Waals surface area contributed by atoms with Gasteiger partial charge in [0.15, 0.2) is 0 Å². The average Bonchev–Trinajstić information content (AvgIpc) is 2.46. The van der Waals surface area contributed by atoms with Crippen LogP contribution in [0.5, 0.6) is 0 Å². The largest absolute Gasteiger partial charge is 0.467 e. The Kier molecular flexibility index (Phi) is 2.67. The Hall–Kier alpha value is -0.640. The highest BCUT2D eigenvalue weighted by molar-refractivity contribution is 5.80. The fraction of sp³-hybridized carbons (Fsp3) is 0.875. The molecule has 1 rings (SSSR count). The van der Waals surface area contributed by atoms with E-state index in [0.29, 0.717) is 12.8 Å². The zero-order valence-corrected chi connectivity index (χ0v) is 7.30. The SMILES string of the molecule is COC(=O)C1(F)CCCC1OC. The van der Waals surface area contributed by atoms with Crippen molar-refractivity contribution in [2.75, 3.05) is 14.2 Å². The number of carbonyl (C=O) groups excluding carboxylic acids is 1. The molecule has 1 aliphatic rings. The summed E-state index contributed by atoms with van der Waals surface area (Å²) in [4.78, 5) is 11.0. The molecule has 4 heteroatoms. The van der Waals surface area contributed by atoms with Gasteiger partial charge in [-0.3, -0.25) is 0 Å². The van der Waals surface area contributed by atoms with E-state index in [4.69, 9.17) is 4.74 Å². The van der Waals surface area contributed by atoms with E-state index >= 15 is 0 Å². The summed E-state index contributed by atoms with van der Waals surface area (Å²) < 4.78 is 23.0. The predicted molar refractivity (Wildman–Crippen MR) is 40.5 cm³/mol. The van der Waals surface area contributed by atoms with Crippen LogP contribution in [-0.4, -0.2) is 32.0 Å². The van der Waals surface area contributed by atoms with Gasteiger partial charge in [-0.05, 0) is 19.3 Å². The minimum absolute atomic E-state index is 0.207. The van der Waals surface area contributed by atoms with Crippen LogP contribution in [0.4, 0.5) is 4.39 Å². The maximum absolute atomic E-state index is 13.8. The van der Waals surface area contributed by atoms with Crippen LogP contribution in [0, 0.1) is 0 Å². The van der Waals surface area contributed by atoms with Crippen molar-refractivity contribution in [3.8, 4) is 0 Å². The van der Waals surface area contributed by atoms with Crippen LogP contribution in [0.3, 0.4) is 0 Å². The Labute approximate surface area is 70.8 Å². The van der Waals surface area contributed by atoms with Crippen molar-refractivity contribution in [1.29, 1.82) is 0 Å². The van der Waals surface area contributed by atoms with Crippen LogP contribution in [0.1, 0.15) is 19.3 Å². The number of ether oxygens (including phenoxy) is 2. The van der Waals surface area contributed by atoms with Crippen molar-refractivity contribution in [2.24, 2.45) is 0 Å². The third-order valence-corrected chi connectivity index (χ3v) is 2.33. The van der Waals surface area contributed by atoms with Gasteiger partial charge in [-0.15, -0.1) is 0 Å². The summed E-state index contributed by atoms with van der Waals surface area (Å²) in [6.07, 6.45) is 0.828. The third kappa shape index (κ3) is 1.31. The van der Waals surface area contributed by atoms with E-state index < -0.39 is 17.7 Å². The lowest BCUT2D eigenvalue weighted by Crippen LogP contribution is -2.43. The molecule has 0 aromatic rings. The van der Waals surface area contributed by atoms with Gasteiger partial charge in [0, 0.05) is 7.11 Å². The smallest absolute Gasteiger partial charge is 0.346 e. The number of alkyl halides is 1. The molecular formula is C8H13FO3. The standard InChI is InChI=1S/C8H13FO3/c1-11-6-4-3-5-8(6,9)7(10)12-2/h6H,3-5H2,1-2H3. The molecule has 0 amide bonds. The molecule has 3 nitrogen and oxygen atoms in total. The van der Waals surface area contributed by atoms with Gasteiger partial charge in [0.2, 0.25) is 5.67 Å². The van der Waals surface area contributed by atoms with E-state index in [0.717, 1.165) is 0 Å². The fourth-order valence-corrected chi connectivity index (χ4v) is 1.64. The van der Waals surface area contributed by atoms with Crippen molar-refractivity contribution >= 4 is 5.97 Å². The van der Waals surface area contributed by atoms with E-state index in [2.05, 4.69) is 4.74 Å². The Bertz CT molecular complexity index is 183. The minimum atomic E-state index is -1.91. The summed E-state index contributed by atoms with van der Waals surface area (Å²) in [7, 11) is 2.60. The van der Waals surface area contributed by atoms with Crippen LogP contribution in [0.15, 0.2) is 0 Å². The van der Waals surface area contributed by atoms with Gasteiger partial charge in [0.25, 0.3) is 0 Å². The Morgan fingerprint density at radius 3 is 2.75 bits per heavy atom. The van der Waals surface area contributed by atoms with Gasteiger partial charge >= 0.3 is 5.97 Å². The van der Waals surface area contributed by atoms with Crippen LogP contribution in [0.2, 0.25) is 0 Å².